The van der Waals surface area contributed by atoms with Crippen molar-refractivity contribution < 1.29 is 27.6 Å². The molecule has 0 unspecified atom stereocenters. The molecule has 0 heterocycles. The minimum Gasteiger partial charge on any atom is -1.00 e. The van der Waals surface area contributed by atoms with Gasteiger partial charge < -0.3 is 23.0 Å². The molecule has 0 fully saturated rings. The summed E-state index contributed by atoms with van der Waals surface area (Å²) in [4.78, 5) is 21.6. The van der Waals surface area contributed by atoms with E-state index >= 15 is 0 Å². The SMILES string of the molecule is O.O=P(O)(O)O.[H-].[H-].[Mg+2]. The van der Waals surface area contributed by atoms with Crippen LogP contribution in [0.2, 0.25) is 0 Å². The van der Waals surface area contributed by atoms with Gasteiger partial charge in [0.05, 0.1) is 0 Å². The molecule has 0 aliphatic heterocycles. The third kappa shape index (κ3) is 229. The Bertz CT molecular complexity index is 61.1. The molecule has 44 valence electrons. The van der Waals surface area contributed by atoms with E-state index in [0.29, 0.717) is 0 Å². The molecular weight excluding hydrogens is 135 g/mol. The summed E-state index contributed by atoms with van der Waals surface area (Å²) >= 11 is 0. The van der Waals surface area contributed by atoms with E-state index in [-0.39, 0.29) is 31.4 Å². The van der Waals surface area contributed by atoms with Crippen molar-refractivity contribution in [2.45, 2.75) is 0 Å². The zero-order valence-corrected chi connectivity index (χ0v) is 5.71. The third-order valence-corrected chi connectivity index (χ3v) is 0. The van der Waals surface area contributed by atoms with Gasteiger partial charge in [-0.05, 0) is 0 Å². The van der Waals surface area contributed by atoms with E-state index in [2.05, 4.69) is 0 Å². The van der Waals surface area contributed by atoms with Crippen LogP contribution in [0.3, 0.4) is 0 Å². The zero-order chi connectivity index (χ0) is 4.50. The van der Waals surface area contributed by atoms with Crippen LogP contribution in [0.15, 0.2) is 0 Å². The standard InChI is InChI=1S/Mg.H3O4P.H2O.2H/c;1-5(2,3)4;;;/h;(H3,1,2,3,4);1H2;;/q+2;;;2*-1. The van der Waals surface area contributed by atoms with Gasteiger partial charge in [0.1, 0.15) is 0 Å². The monoisotopic (exact) mass is 142 g/mol. The maximum Gasteiger partial charge on any atom is 2.00 e. The number of hydrogen-bond donors (Lipinski definition) is 3. The van der Waals surface area contributed by atoms with Gasteiger partial charge in [-0.25, -0.2) is 4.57 Å². The molecule has 0 atom stereocenters. The van der Waals surface area contributed by atoms with E-state index in [9.17, 15) is 0 Å². The second-order valence-electron chi connectivity index (χ2n) is 0.513. The van der Waals surface area contributed by atoms with Gasteiger partial charge in [0.25, 0.3) is 0 Å². The quantitative estimate of drug-likeness (QED) is 0.271. The molecular formula is H7MgO5P. The second kappa shape index (κ2) is 4.98. The summed E-state index contributed by atoms with van der Waals surface area (Å²) in [5.74, 6) is 0. The molecule has 0 saturated heterocycles. The molecule has 0 spiro atoms. The Balaban J connectivity index is -0.0000000133. The van der Waals surface area contributed by atoms with Gasteiger partial charge in [0.15, 0.2) is 0 Å². The molecule has 0 saturated carbocycles. The minimum absolute atomic E-state index is 0. The van der Waals surface area contributed by atoms with Crippen molar-refractivity contribution in [3.8, 4) is 0 Å². The topological polar surface area (TPSA) is 109 Å². The van der Waals surface area contributed by atoms with Crippen LogP contribution in [0.25, 0.3) is 0 Å². The van der Waals surface area contributed by atoms with Crippen LogP contribution in [-0.4, -0.2) is 43.2 Å². The van der Waals surface area contributed by atoms with Crippen molar-refractivity contribution in [3.05, 3.63) is 0 Å². The summed E-state index contributed by atoms with van der Waals surface area (Å²) in [5.41, 5.74) is 0. The van der Waals surface area contributed by atoms with Gasteiger partial charge in [0, 0.05) is 0 Å². The van der Waals surface area contributed by atoms with Gasteiger partial charge in [-0.2, -0.15) is 0 Å². The first kappa shape index (κ1) is 15.7. The van der Waals surface area contributed by atoms with E-state index in [1.54, 1.807) is 0 Å². The molecule has 0 radical (unpaired) electrons. The van der Waals surface area contributed by atoms with Crippen LogP contribution in [0.4, 0.5) is 0 Å². The Kier molecular flexibility index (Phi) is 11.1. The van der Waals surface area contributed by atoms with E-state index in [0.717, 1.165) is 0 Å². The molecule has 0 aromatic rings. The average Bonchev–Trinajstić information content (AvgIpc) is 0.722. The predicted octanol–water partition coefficient (Wildman–Crippen LogP) is -1.91. The van der Waals surface area contributed by atoms with Crippen molar-refractivity contribution in [1.82, 2.24) is 0 Å². The summed E-state index contributed by atoms with van der Waals surface area (Å²) in [6.07, 6.45) is 0. The maximum atomic E-state index is 8.88. The molecule has 0 amide bonds. The van der Waals surface area contributed by atoms with Crippen molar-refractivity contribution in [2.24, 2.45) is 0 Å². The molecule has 0 aliphatic rings. The van der Waals surface area contributed by atoms with Crippen molar-refractivity contribution in [1.29, 1.82) is 0 Å². The summed E-state index contributed by atoms with van der Waals surface area (Å²) in [5, 5.41) is 0. The largest absolute Gasteiger partial charge is 2.00 e. The van der Waals surface area contributed by atoms with E-state index in [1.165, 1.54) is 0 Å². The molecule has 0 rings (SSSR count). The first-order chi connectivity index (χ1) is 2.00. The number of phosphoric acid groups is 1. The van der Waals surface area contributed by atoms with Gasteiger partial charge in [-0.3, -0.25) is 0 Å². The van der Waals surface area contributed by atoms with Crippen molar-refractivity contribution >= 4 is 30.9 Å². The third-order valence-electron chi connectivity index (χ3n) is 0. The van der Waals surface area contributed by atoms with Crippen LogP contribution >= 0.6 is 7.82 Å². The fourth-order valence-corrected chi connectivity index (χ4v) is 0. The normalized spacial score (nSPS) is 8.43. The second-order valence-corrected chi connectivity index (χ2v) is 1.54. The molecule has 5 nitrogen and oxygen atoms in total. The Morgan fingerprint density at radius 1 is 1.29 bits per heavy atom. The molecule has 0 aromatic carbocycles. The molecule has 7 heteroatoms. The molecule has 0 aliphatic carbocycles. The molecule has 0 aromatic heterocycles. The Labute approximate surface area is 59.0 Å². The number of hydrogen-bond acceptors (Lipinski definition) is 1. The van der Waals surface area contributed by atoms with Crippen LogP contribution in [0.1, 0.15) is 2.85 Å². The van der Waals surface area contributed by atoms with Crippen molar-refractivity contribution in [3.63, 3.8) is 0 Å². The molecule has 5 N–H and O–H groups in total. The van der Waals surface area contributed by atoms with Crippen LogP contribution < -0.4 is 0 Å². The van der Waals surface area contributed by atoms with Gasteiger partial charge >= 0.3 is 30.9 Å². The van der Waals surface area contributed by atoms with Crippen LogP contribution in [0, 0.1) is 0 Å². The predicted molar refractivity (Wildman–Crippen MR) is 25.9 cm³/mol. The Morgan fingerprint density at radius 2 is 1.29 bits per heavy atom. The van der Waals surface area contributed by atoms with Crippen molar-refractivity contribution in [2.75, 3.05) is 0 Å². The zero-order valence-electron chi connectivity index (χ0n) is 5.40. The molecule has 7 heavy (non-hydrogen) atoms. The fraction of sp³-hybridized carbons (Fsp3) is 0. The Hall–Kier alpha value is 0.836. The fourth-order valence-electron chi connectivity index (χ4n) is 0. The maximum absolute atomic E-state index is 8.88. The van der Waals surface area contributed by atoms with E-state index in [1.807, 2.05) is 0 Å². The van der Waals surface area contributed by atoms with Gasteiger partial charge in [-0.1, -0.05) is 0 Å². The summed E-state index contributed by atoms with van der Waals surface area (Å²) in [6.45, 7) is 0. The summed E-state index contributed by atoms with van der Waals surface area (Å²) < 4.78 is 8.88. The summed E-state index contributed by atoms with van der Waals surface area (Å²) in [7, 11) is -4.64. The first-order valence-corrected chi connectivity index (χ1v) is 2.35. The number of rotatable bonds is 0. The average molecular weight is 142 g/mol. The Morgan fingerprint density at radius 3 is 1.29 bits per heavy atom. The smallest absolute Gasteiger partial charge is 1.00 e. The minimum atomic E-state index is -4.64. The van der Waals surface area contributed by atoms with Gasteiger partial charge in [-0.15, -0.1) is 0 Å². The first-order valence-electron chi connectivity index (χ1n) is 0.783. The van der Waals surface area contributed by atoms with Gasteiger partial charge in [0.2, 0.25) is 0 Å². The van der Waals surface area contributed by atoms with Crippen LogP contribution in [0.5, 0.6) is 0 Å². The molecule has 0 bridgehead atoms. The van der Waals surface area contributed by atoms with E-state index < -0.39 is 7.82 Å². The summed E-state index contributed by atoms with van der Waals surface area (Å²) in [6, 6.07) is 0. The van der Waals surface area contributed by atoms with Crippen LogP contribution in [-0.2, 0) is 4.57 Å². The van der Waals surface area contributed by atoms with E-state index in [4.69, 9.17) is 19.2 Å².